The van der Waals surface area contributed by atoms with Gasteiger partial charge in [-0.3, -0.25) is 10.1 Å². The number of ether oxygens (including phenoxy) is 1. The van der Waals surface area contributed by atoms with E-state index in [1.54, 1.807) is 12.1 Å². The maximum Gasteiger partial charge on any atom is 0.270 e. The molecule has 0 amide bonds. The smallest absolute Gasteiger partial charge is 0.270 e. The number of fused-ring (bicyclic) bond motifs is 2. The van der Waals surface area contributed by atoms with Gasteiger partial charge in [-0.15, -0.1) is 0 Å². The van der Waals surface area contributed by atoms with Crippen molar-refractivity contribution >= 4 is 17.5 Å². The molecule has 2 aliphatic rings. The Morgan fingerprint density at radius 2 is 1.50 bits per heavy atom. The first-order valence-corrected chi connectivity index (χ1v) is 12.0. The predicted molar refractivity (Wildman–Crippen MR) is 144 cm³/mol. The normalized spacial score (nSPS) is 19.0. The average molecular weight is 475 g/mol. The molecular weight excluding hydrogens is 448 g/mol. The quantitative estimate of drug-likeness (QED) is 0.228. The lowest BCUT2D eigenvalue weighted by Gasteiger charge is -2.45. The van der Waals surface area contributed by atoms with Gasteiger partial charge < -0.3 is 9.64 Å². The van der Waals surface area contributed by atoms with E-state index in [2.05, 4.69) is 92.5 Å². The van der Waals surface area contributed by atoms with E-state index in [9.17, 15) is 10.1 Å². The highest BCUT2D eigenvalue weighted by Crippen LogP contribution is 2.57. The molecule has 0 N–H and O–H groups in total. The third-order valence-electron chi connectivity index (χ3n) is 7.66. The van der Waals surface area contributed by atoms with Crippen molar-refractivity contribution < 1.29 is 9.66 Å². The topological polar surface area (TPSA) is 55.6 Å². The first-order chi connectivity index (χ1) is 17.3. The Balaban J connectivity index is 1.56. The minimum Gasteiger partial charge on any atom is -0.463 e. The van der Waals surface area contributed by atoms with Crippen LogP contribution in [0.2, 0.25) is 0 Å². The third kappa shape index (κ3) is 3.09. The fourth-order valence-corrected chi connectivity index (χ4v) is 5.68. The standard InChI is InChI=1S/C31H26N2O3/c1-30(2)27-20-24(21-10-6-4-7-11-21)19-26(22-12-8-5-9-13-22)29(27)32(3)31(30)17-16-23-18-25(33(34)35)14-15-28(23)36-31/h4-20H,1-3H3. The van der Waals surface area contributed by atoms with E-state index >= 15 is 0 Å². The molecule has 0 saturated carbocycles. The van der Waals surface area contributed by atoms with Gasteiger partial charge in [0.05, 0.1) is 16.0 Å². The molecule has 5 nitrogen and oxygen atoms in total. The number of rotatable bonds is 3. The Hall–Kier alpha value is -4.38. The molecule has 0 radical (unpaired) electrons. The second-order valence-corrected chi connectivity index (χ2v) is 9.95. The Labute approximate surface area is 210 Å². The van der Waals surface area contributed by atoms with Crippen LogP contribution in [0.25, 0.3) is 28.3 Å². The lowest BCUT2D eigenvalue weighted by Crippen LogP contribution is -2.58. The van der Waals surface area contributed by atoms with Gasteiger partial charge in [-0.1, -0.05) is 60.7 Å². The maximum atomic E-state index is 11.3. The summed E-state index contributed by atoms with van der Waals surface area (Å²) in [7, 11) is 2.07. The summed E-state index contributed by atoms with van der Waals surface area (Å²) < 4.78 is 6.78. The molecule has 1 spiro atoms. The van der Waals surface area contributed by atoms with Gasteiger partial charge in [0.15, 0.2) is 0 Å². The molecule has 4 aromatic carbocycles. The van der Waals surface area contributed by atoms with Crippen LogP contribution in [0.4, 0.5) is 11.4 Å². The van der Waals surface area contributed by atoms with Gasteiger partial charge in [0.2, 0.25) is 5.72 Å². The van der Waals surface area contributed by atoms with Crippen LogP contribution in [-0.4, -0.2) is 17.7 Å². The van der Waals surface area contributed by atoms with Crippen molar-refractivity contribution in [1.82, 2.24) is 0 Å². The highest BCUT2D eigenvalue weighted by molar-refractivity contribution is 5.90. The number of anilines is 1. The molecule has 36 heavy (non-hydrogen) atoms. The number of benzene rings is 4. The second kappa shape index (κ2) is 7.82. The fourth-order valence-electron chi connectivity index (χ4n) is 5.68. The van der Waals surface area contributed by atoms with Gasteiger partial charge in [-0.25, -0.2) is 0 Å². The first kappa shape index (κ1) is 22.1. The highest BCUT2D eigenvalue weighted by Gasteiger charge is 2.58. The predicted octanol–water partition coefficient (Wildman–Crippen LogP) is 7.46. The van der Waals surface area contributed by atoms with Gasteiger partial charge >= 0.3 is 0 Å². The molecule has 2 heterocycles. The van der Waals surface area contributed by atoms with Crippen LogP contribution in [0, 0.1) is 10.1 Å². The molecule has 1 atom stereocenters. The lowest BCUT2D eigenvalue weighted by atomic mass is 9.75. The van der Waals surface area contributed by atoms with Gasteiger partial charge in [-0.05, 0) is 66.5 Å². The van der Waals surface area contributed by atoms with Crippen LogP contribution in [0.5, 0.6) is 5.75 Å². The second-order valence-electron chi connectivity index (χ2n) is 9.95. The zero-order valence-electron chi connectivity index (χ0n) is 20.4. The molecule has 4 aromatic rings. The highest BCUT2D eigenvalue weighted by atomic mass is 16.6. The Kier molecular flexibility index (Phi) is 4.80. The molecule has 6 rings (SSSR count). The molecule has 0 bridgehead atoms. The zero-order valence-corrected chi connectivity index (χ0v) is 20.4. The van der Waals surface area contributed by atoms with E-state index in [0.29, 0.717) is 11.3 Å². The summed E-state index contributed by atoms with van der Waals surface area (Å²) >= 11 is 0. The third-order valence-corrected chi connectivity index (χ3v) is 7.66. The van der Waals surface area contributed by atoms with Crippen LogP contribution in [-0.2, 0) is 5.41 Å². The Morgan fingerprint density at radius 1 is 0.833 bits per heavy atom. The van der Waals surface area contributed by atoms with Crippen LogP contribution in [0.3, 0.4) is 0 Å². The van der Waals surface area contributed by atoms with Gasteiger partial charge in [0.25, 0.3) is 5.69 Å². The number of likely N-dealkylation sites (N-methyl/N-ethyl adjacent to an activating group) is 1. The molecular formula is C31H26N2O3. The van der Waals surface area contributed by atoms with Crippen LogP contribution >= 0.6 is 0 Å². The molecule has 0 aromatic heterocycles. The van der Waals surface area contributed by atoms with Crippen molar-refractivity contribution in [3.05, 3.63) is 118 Å². The summed E-state index contributed by atoms with van der Waals surface area (Å²) in [5, 5.41) is 11.3. The summed E-state index contributed by atoms with van der Waals surface area (Å²) in [4.78, 5) is 13.1. The van der Waals surface area contributed by atoms with Crippen molar-refractivity contribution in [2.45, 2.75) is 25.0 Å². The van der Waals surface area contributed by atoms with E-state index in [0.717, 1.165) is 27.9 Å². The van der Waals surface area contributed by atoms with E-state index < -0.39 is 11.1 Å². The van der Waals surface area contributed by atoms with Crippen molar-refractivity contribution in [2.24, 2.45) is 0 Å². The molecule has 2 aliphatic heterocycles. The number of non-ortho nitro benzene ring substituents is 1. The SMILES string of the molecule is CN1c2c(-c3ccccc3)cc(-c3ccccc3)cc2C(C)(C)C12C=Cc1cc([N+](=O)[O-])ccc1O2. The van der Waals surface area contributed by atoms with Crippen molar-refractivity contribution in [2.75, 3.05) is 11.9 Å². The monoisotopic (exact) mass is 474 g/mol. The van der Waals surface area contributed by atoms with Crippen molar-refractivity contribution in [1.29, 1.82) is 0 Å². The number of nitro groups is 1. The summed E-state index contributed by atoms with van der Waals surface area (Å²) in [5.41, 5.74) is 6.47. The van der Waals surface area contributed by atoms with E-state index in [1.807, 2.05) is 18.2 Å². The average Bonchev–Trinajstić information content (AvgIpc) is 3.06. The molecule has 178 valence electrons. The molecule has 0 fully saturated rings. The van der Waals surface area contributed by atoms with Gasteiger partial charge in [-0.2, -0.15) is 0 Å². The number of nitrogens with zero attached hydrogens (tertiary/aromatic N) is 2. The number of hydrogen-bond acceptors (Lipinski definition) is 4. The summed E-state index contributed by atoms with van der Waals surface area (Å²) in [6.07, 6.45) is 4.01. The fraction of sp³-hybridized carbons (Fsp3) is 0.161. The van der Waals surface area contributed by atoms with Gasteiger partial charge in [0, 0.05) is 30.3 Å². The summed E-state index contributed by atoms with van der Waals surface area (Å²) in [5.74, 6) is 0.639. The first-order valence-electron chi connectivity index (χ1n) is 12.0. The van der Waals surface area contributed by atoms with Crippen LogP contribution < -0.4 is 9.64 Å². The van der Waals surface area contributed by atoms with Crippen molar-refractivity contribution in [3.63, 3.8) is 0 Å². The molecule has 0 aliphatic carbocycles. The van der Waals surface area contributed by atoms with Gasteiger partial charge in [0.1, 0.15) is 5.75 Å². The Bertz CT molecular complexity index is 1530. The minimum atomic E-state index is -0.794. The Morgan fingerprint density at radius 3 is 2.17 bits per heavy atom. The molecule has 1 unspecified atom stereocenters. The zero-order chi connectivity index (χ0) is 25.1. The maximum absolute atomic E-state index is 11.3. The minimum absolute atomic E-state index is 0.0548. The van der Waals surface area contributed by atoms with E-state index in [4.69, 9.17) is 4.74 Å². The summed E-state index contributed by atoms with van der Waals surface area (Å²) in [6, 6.07) is 30.2. The van der Waals surface area contributed by atoms with E-state index in [1.165, 1.54) is 11.6 Å². The van der Waals surface area contributed by atoms with Crippen LogP contribution in [0.1, 0.15) is 25.0 Å². The largest absolute Gasteiger partial charge is 0.463 e. The van der Waals surface area contributed by atoms with Crippen LogP contribution in [0.15, 0.2) is 97.1 Å². The number of hydrogen-bond donors (Lipinski definition) is 0. The molecule has 5 heteroatoms. The number of nitro benzene ring substituents is 1. The van der Waals surface area contributed by atoms with Crippen molar-refractivity contribution in [3.8, 4) is 28.0 Å². The lowest BCUT2D eigenvalue weighted by molar-refractivity contribution is -0.384. The van der Waals surface area contributed by atoms with E-state index in [-0.39, 0.29) is 10.6 Å². The molecule has 0 saturated heterocycles. The summed E-state index contributed by atoms with van der Waals surface area (Å²) in [6.45, 7) is 4.42.